The summed E-state index contributed by atoms with van der Waals surface area (Å²) in [6.07, 6.45) is 1.63. The number of aromatic nitrogens is 3. The fourth-order valence-electron chi connectivity index (χ4n) is 1.80. The number of rotatable bonds is 3. The van der Waals surface area contributed by atoms with Gasteiger partial charge in [0.1, 0.15) is 5.69 Å². The summed E-state index contributed by atoms with van der Waals surface area (Å²) < 4.78 is 0. The highest BCUT2D eigenvalue weighted by Gasteiger charge is 2.12. The molecule has 0 amide bonds. The second-order valence-electron chi connectivity index (χ2n) is 4.32. The number of azo groups is 1. The fraction of sp³-hybridized carbons (Fsp3) is 0. The summed E-state index contributed by atoms with van der Waals surface area (Å²) in [5.74, 6) is 0. The van der Waals surface area contributed by atoms with E-state index in [1.54, 1.807) is 36.5 Å². The van der Waals surface area contributed by atoms with Gasteiger partial charge >= 0.3 is 0 Å². The van der Waals surface area contributed by atoms with E-state index in [2.05, 4.69) is 25.4 Å². The number of nitrogens with one attached hydrogen (secondary N) is 2. The fourth-order valence-corrected chi connectivity index (χ4v) is 2.09. The molecule has 0 fully saturated rings. The molecule has 3 aromatic rings. The monoisotopic (exact) mass is 333 g/mol. The largest absolute Gasteiger partial charge is 0.294 e. The molecular weight excluding hydrogens is 325 g/mol. The molecule has 0 aliphatic rings. The van der Waals surface area contributed by atoms with Gasteiger partial charge in [-0.1, -0.05) is 29.3 Å². The van der Waals surface area contributed by atoms with Crippen molar-refractivity contribution in [2.24, 2.45) is 10.2 Å². The molecule has 0 unspecified atom stereocenters. The van der Waals surface area contributed by atoms with E-state index in [0.717, 1.165) is 0 Å². The van der Waals surface area contributed by atoms with Gasteiger partial charge in [0.2, 0.25) is 0 Å². The third kappa shape index (κ3) is 2.93. The van der Waals surface area contributed by atoms with Gasteiger partial charge in [0.15, 0.2) is 5.69 Å². The summed E-state index contributed by atoms with van der Waals surface area (Å²) in [6.45, 7) is 0. The topological polar surface area (TPSA) is 86.3 Å². The minimum Gasteiger partial charge on any atom is -0.294 e. The van der Waals surface area contributed by atoms with Crippen LogP contribution in [-0.4, -0.2) is 15.2 Å². The number of pyridine rings is 1. The number of H-pyrrole nitrogens is 2. The molecule has 0 bridgehead atoms. The van der Waals surface area contributed by atoms with Gasteiger partial charge in [-0.15, -0.1) is 5.11 Å². The first-order valence-corrected chi connectivity index (χ1v) is 6.99. The molecule has 0 radical (unpaired) electrons. The van der Waals surface area contributed by atoms with Crippen molar-refractivity contribution in [3.63, 3.8) is 0 Å². The Kier molecular flexibility index (Phi) is 4.04. The first-order valence-electron chi connectivity index (χ1n) is 6.24. The van der Waals surface area contributed by atoms with Gasteiger partial charge in [-0.05, 0) is 30.3 Å². The molecule has 2 N–H and O–H groups in total. The van der Waals surface area contributed by atoms with Crippen LogP contribution in [0.1, 0.15) is 0 Å². The Balaban J connectivity index is 1.99. The highest BCUT2D eigenvalue weighted by molar-refractivity contribution is 6.42. The third-order valence-corrected chi connectivity index (χ3v) is 3.58. The van der Waals surface area contributed by atoms with Crippen LogP contribution in [0.2, 0.25) is 10.0 Å². The minimum absolute atomic E-state index is 0.143. The van der Waals surface area contributed by atoms with Crippen molar-refractivity contribution in [1.29, 1.82) is 0 Å². The van der Waals surface area contributed by atoms with Crippen LogP contribution in [0.15, 0.2) is 57.6 Å². The lowest BCUT2D eigenvalue weighted by atomic mass is 10.2. The van der Waals surface area contributed by atoms with Crippen molar-refractivity contribution in [2.75, 3.05) is 0 Å². The lowest BCUT2D eigenvalue weighted by Crippen LogP contribution is -1.96. The molecule has 3 rings (SSSR count). The highest BCUT2D eigenvalue weighted by Crippen LogP contribution is 2.29. The summed E-state index contributed by atoms with van der Waals surface area (Å²) in [5, 5.41) is 14.0. The van der Waals surface area contributed by atoms with Crippen molar-refractivity contribution < 1.29 is 0 Å². The molecule has 0 spiro atoms. The van der Waals surface area contributed by atoms with Gasteiger partial charge in [-0.3, -0.25) is 20.0 Å². The van der Waals surface area contributed by atoms with E-state index in [-0.39, 0.29) is 11.2 Å². The SMILES string of the molecule is O=c1[nH][nH]c(-c2ccccn2)c1N=Nc1ccc(Cl)c(Cl)c1. The van der Waals surface area contributed by atoms with Crippen LogP contribution in [0.3, 0.4) is 0 Å². The van der Waals surface area contributed by atoms with Crippen LogP contribution in [0.5, 0.6) is 0 Å². The summed E-state index contributed by atoms with van der Waals surface area (Å²) in [6, 6.07) is 10.2. The van der Waals surface area contributed by atoms with E-state index in [1.807, 2.05) is 6.07 Å². The maximum atomic E-state index is 11.8. The van der Waals surface area contributed by atoms with Crippen molar-refractivity contribution in [3.8, 4) is 11.4 Å². The second-order valence-corrected chi connectivity index (χ2v) is 5.13. The van der Waals surface area contributed by atoms with Crippen LogP contribution in [0.25, 0.3) is 11.4 Å². The summed E-state index contributed by atoms with van der Waals surface area (Å²) in [7, 11) is 0. The molecule has 2 aromatic heterocycles. The molecule has 2 heterocycles. The van der Waals surface area contributed by atoms with Crippen molar-refractivity contribution >= 4 is 34.6 Å². The number of hydrogen-bond donors (Lipinski definition) is 2. The molecule has 8 heteroatoms. The molecule has 0 aliphatic heterocycles. The molecular formula is C14H9Cl2N5O. The molecule has 1 aromatic carbocycles. The van der Waals surface area contributed by atoms with Crippen LogP contribution in [-0.2, 0) is 0 Å². The van der Waals surface area contributed by atoms with E-state index < -0.39 is 0 Å². The maximum absolute atomic E-state index is 11.8. The predicted molar refractivity (Wildman–Crippen MR) is 85.3 cm³/mol. The Morgan fingerprint density at radius 1 is 1.00 bits per heavy atom. The number of aromatic amines is 2. The van der Waals surface area contributed by atoms with E-state index in [4.69, 9.17) is 23.2 Å². The third-order valence-electron chi connectivity index (χ3n) is 2.84. The first kappa shape index (κ1) is 14.5. The molecule has 0 saturated carbocycles. The molecule has 110 valence electrons. The molecule has 0 saturated heterocycles. The van der Waals surface area contributed by atoms with Gasteiger partial charge < -0.3 is 0 Å². The predicted octanol–water partition coefficient (Wildman–Crippen LogP) is 4.49. The average Bonchev–Trinajstić information content (AvgIpc) is 2.90. The summed E-state index contributed by atoms with van der Waals surface area (Å²) >= 11 is 11.8. The van der Waals surface area contributed by atoms with Crippen LogP contribution < -0.4 is 5.56 Å². The van der Waals surface area contributed by atoms with Crippen LogP contribution in [0, 0.1) is 0 Å². The quantitative estimate of drug-likeness (QED) is 0.692. The van der Waals surface area contributed by atoms with Gasteiger partial charge in [0.25, 0.3) is 5.56 Å². The first-order chi connectivity index (χ1) is 10.6. The lowest BCUT2D eigenvalue weighted by Gasteiger charge is -1.98. The van der Waals surface area contributed by atoms with Crippen LogP contribution in [0.4, 0.5) is 11.4 Å². The Morgan fingerprint density at radius 2 is 1.86 bits per heavy atom. The second kappa shape index (κ2) is 6.13. The average molecular weight is 334 g/mol. The standard InChI is InChI=1S/C14H9Cl2N5O/c15-9-5-4-8(7-10(9)16)18-20-13-12(19-21-14(13)22)11-3-1-2-6-17-11/h1-7H,(H2,19,21,22). The van der Waals surface area contributed by atoms with Crippen molar-refractivity contribution in [2.45, 2.75) is 0 Å². The number of nitrogens with zero attached hydrogens (tertiary/aromatic N) is 3. The normalized spacial score (nSPS) is 11.2. The van der Waals surface area contributed by atoms with E-state index in [0.29, 0.717) is 27.1 Å². The number of halogens is 2. The smallest absolute Gasteiger partial charge is 0.292 e. The number of benzene rings is 1. The van der Waals surface area contributed by atoms with Crippen molar-refractivity contribution in [3.05, 3.63) is 63.0 Å². The molecule has 0 aliphatic carbocycles. The van der Waals surface area contributed by atoms with Crippen molar-refractivity contribution in [1.82, 2.24) is 15.2 Å². The molecule has 22 heavy (non-hydrogen) atoms. The summed E-state index contributed by atoms with van der Waals surface area (Å²) in [5.41, 5.74) is 1.30. The Morgan fingerprint density at radius 3 is 2.59 bits per heavy atom. The lowest BCUT2D eigenvalue weighted by molar-refractivity contribution is 1.05. The van der Waals surface area contributed by atoms with E-state index >= 15 is 0 Å². The highest BCUT2D eigenvalue weighted by atomic mass is 35.5. The number of hydrogen-bond acceptors (Lipinski definition) is 4. The van der Waals surface area contributed by atoms with Crippen LogP contribution >= 0.6 is 23.2 Å². The van der Waals surface area contributed by atoms with E-state index in [1.165, 1.54) is 0 Å². The molecule has 6 nitrogen and oxygen atoms in total. The zero-order valence-corrected chi connectivity index (χ0v) is 12.6. The van der Waals surface area contributed by atoms with Gasteiger partial charge in [-0.2, -0.15) is 5.11 Å². The van der Waals surface area contributed by atoms with Gasteiger partial charge in [-0.25, -0.2) is 0 Å². The minimum atomic E-state index is -0.385. The Labute approximate surface area is 134 Å². The van der Waals surface area contributed by atoms with E-state index in [9.17, 15) is 4.79 Å². The Hall–Kier alpha value is -2.44. The zero-order chi connectivity index (χ0) is 15.5. The maximum Gasteiger partial charge on any atom is 0.292 e. The zero-order valence-electron chi connectivity index (χ0n) is 11.0. The van der Waals surface area contributed by atoms with Gasteiger partial charge in [0, 0.05) is 6.20 Å². The Bertz CT molecular complexity index is 886. The molecule has 0 atom stereocenters. The van der Waals surface area contributed by atoms with Gasteiger partial charge in [0.05, 0.1) is 21.4 Å². The summed E-state index contributed by atoms with van der Waals surface area (Å²) in [4.78, 5) is 16.0.